The largest absolute Gasteiger partial charge is 0.388 e. The third-order valence-electron chi connectivity index (χ3n) is 3.22. The zero-order valence-electron chi connectivity index (χ0n) is 10.9. The van der Waals surface area contributed by atoms with Gasteiger partial charge in [0.15, 0.2) is 0 Å². The van der Waals surface area contributed by atoms with Crippen LogP contribution in [-0.4, -0.2) is 10.1 Å². The van der Waals surface area contributed by atoms with Crippen LogP contribution in [0.1, 0.15) is 37.5 Å². The highest BCUT2D eigenvalue weighted by atomic mass is 16.3. The molecule has 0 radical (unpaired) electrons. The van der Waals surface area contributed by atoms with Crippen LogP contribution in [0, 0.1) is 0 Å². The van der Waals surface area contributed by atoms with Crippen molar-refractivity contribution in [2.75, 3.05) is 0 Å². The van der Waals surface area contributed by atoms with Gasteiger partial charge in [0.2, 0.25) is 0 Å². The molecule has 0 bridgehead atoms. The lowest BCUT2D eigenvalue weighted by Gasteiger charge is -2.13. The molecule has 1 unspecified atom stereocenters. The molecule has 0 aliphatic carbocycles. The Balaban J connectivity index is 2.43. The summed E-state index contributed by atoms with van der Waals surface area (Å²) < 4.78 is 0. The van der Waals surface area contributed by atoms with Crippen molar-refractivity contribution in [3.8, 4) is 11.3 Å². The Morgan fingerprint density at radius 3 is 2.50 bits per heavy atom. The summed E-state index contributed by atoms with van der Waals surface area (Å²) in [6, 6.07) is 12.0. The molecule has 0 saturated carbocycles. The summed E-state index contributed by atoms with van der Waals surface area (Å²) in [4.78, 5) is 4.49. The zero-order chi connectivity index (χ0) is 13.0. The Kier molecular flexibility index (Phi) is 4.11. The molecular weight excluding hydrogens is 222 g/mol. The van der Waals surface area contributed by atoms with Crippen LogP contribution in [0.4, 0.5) is 0 Å². The third kappa shape index (κ3) is 2.59. The van der Waals surface area contributed by atoms with Gasteiger partial charge in [-0.1, -0.05) is 44.2 Å². The van der Waals surface area contributed by atoms with Crippen LogP contribution in [0.25, 0.3) is 11.3 Å². The quantitative estimate of drug-likeness (QED) is 0.884. The Morgan fingerprint density at radius 2 is 1.89 bits per heavy atom. The first-order valence-corrected chi connectivity index (χ1v) is 6.48. The lowest BCUT2D eigenvalue weighted by molar-refractivity contribution is 0.174. The van der Waals surface area contributed by atoms with Crippen LogP contribution in [0.15, 0.2) is 42.6 Å². The molecule has 18 heavy (non-hydrogen) atoms. The van der Waals surface area contributed by atoms with Crippen LogP contribution in [0.2, 0.25) is 0 Å². The molecule has 1 aromatic carbocycles. The minimum Gasteiger partial charge on any atom is -0.388 e. The summed E-state index contributed by atoms with van der Waals surface area (Å²) in [7, 11) is 0. The fourth-order valence-corrected chi connectivity index (χ4v) is 2.03. The van der Waals surface area contributed by atoms with E-state index >= 15 is 0 Å². The van der Waals surface area contributed by atoms with Crippen molar-refractivity contribution in [1.29, 1.82) is 0 Å². The standard InChI is InChI=1S/C16H19NO/c1-3-12-9-10-15(17-11-12)13-7-5-6-8-14(13)16(18)4-2/h5-11,16,18H,3-4H2,1-2H3. The highest BCUT2D eigenvalue weighted by Crippen LogP contribution is 2.28. The van der Waals surface area contributed by atoms with Gasteiger partial charge >= 0.3 is 0 Å². The van der Waals surface area contributed by atoms with Crippen molar-refractivity contribution >= 4 is 0 Å². The molecule has 1 aromatic heterocycles. The molecule has 1 heterocycles. The maximum atomic E-state index is 10.0. The minimum atomic E-state index is -0.422. The van der Waals surface area contributed by atoms with Crippen LogP contribution >= 0.6 is 0 Å². The van der Waals surface area contributed by atoms with Crippen LogP contribution in [-0.2, 0) is 6.42 Å². The second-order valence-electron chi connectivity index (χ2n) is 4.42. The van der Waals surface area contributed by atoms with Crippen molar-refractivity contribution in [3.05, 3.63) is 53.7 Å². The second kappa shape index (κ2) is 5.78. The van der Waals surface area contributed by atoms with Gasteiger partial charge in [0.25, 0.3) is 0 Å². The number of benzene rings is 1. The Labute approximate surface area is 108 Å². The van der Waals surface area contributed by atoms with E-state index in [9.17, 15) is 5.11 Å². The molecule has 0 aliphatic heterocycles. The van der Waals surface area contributed by atoms with Crippen molar-refractivity contribution in [2.45, 2.75) is 32.8 Å². The molecule has 2 rings (SSSR count). The van der Waals surface area contributed by atoms with E-state index in [2.05, 4.69) is 18.0 Å². The predicted molar refractivity (Wildman–Crippen MR) is 74.3 cm³/mol. The molecule has 1 atom stereocenters. The van der Waals surface area contributed by atoms with E-state index in [-0.39, 0.29) is 0 Å². The first-order valence-electron chi connectivity index (χ1n) is 6.48. The Hall–Kier alpha value is -1.67. The van der Waals surface area contributed by atoms with E-state index in [0.717, 1.165) is 23.2 Å². The number of aliphatic hydroxyl groups excluding tert-OH is 1. The van der Waals surface area contributed by atoms with E-state index in [1.54, 1.807) is 0 Å². The molecule has 2 nitrogen and oxygen atoms in total. The minimum absolute atomic E-state index is 0.422. The maximum Gasteiger partial charge on any atom is 0.0794 e. The molecule has 0 amide bonds. The lowest BCUT2D eigenvalue weighted by atomic mass is 9.98. The lowest BCUT2D eigenvalue weighted by Crippen LogP contribution is -1.99. The van der Waals surface area contributed by atoms with E-state index < -0.39 is 6.10 Å². The first kappa shape index (κ1) is 12.8. The van der Waals surface area contributed by atoms with Gasteiger partial charge < -0.3 is 5.11 Å². The monoisotopic (exact) mass is 241 g/mol. The number of hydrogen-bond acceptors (Lipinski definition) is 2. The van der Waals surface area contributed by atoms with Crippen molar-refractivity contribution in [1.82, 2.24) is 4.98 Å². The summed E-state index contributed by atoms with van der Waals surface area (Å²) in [5.74, 6) is 0. The van der Waals surface area contributed by atoms with Gasteiger partial charge in [0, 0.05) is 11.8 Å². The number of rotatable bonds is 4. The normalized spacial score (nSPS) is 12.4. The molecule has 2 heteroatoms. The number of hydrogen-bond donors (Lipinski definition) is 1. The summed E-state index contributed by atoms with van der Waals surface area (Å²) in [6.45, 7) is 4.10. The fourth-order valence-electron chi connectivity index (χ4n) is 2.03. The van der Waals surface area contributed by atoms with Gasteiger partial charge in [-0.3, -0.25) is 4.98 Å². The number of aliphatic hydroxyl groups is 1. The second-order valence-corrected chi connectivity index (χ2v) is 4.42. The SMILES string of the molecule is CCc1ccc(-c2ccccc2C(O)CC)nc1. The molecule has 0 aliphatic rings. The van der Waals surface area contributed by atoms with E-state index in [1.807, 2.05) is 43.5 Å². The highest BCUT2D eigenvalue weighted by Gasteiger charge is 2.11. The molecule has 2 aromatic rings. The van der Waals surface area contributed by atoms with Gasteiger partial charge in [-0.2, -0.15) is 0 Å². The molecule has 0 spiro atoms. The predicted octanol–water partition coefficient (Wildman–Crippen LogP) is 3.75. The summed E-state index contributed by atoms with van der Waals surface area (Å²) in [5, 5.41) is 10.0. The van der Waals surface area contributed by atoms with E-state index in [0.29, 0.717) is 6.42 Å². The van der Waals surface area contributed by atoms with Crippen molar-refractivity contribution < 1.29 is 5.11 Å². The number of aromatic nitrogens is 1. The van der Waals surface area contributed by atoms with Gasteiger partial charge in [-0.05, 0) is 30.0 Å². The molecule has 0 fully saturated rings. The van der Waals surface area contributed by atoms with E-state index in [1.165, 1.54) is 5.56 Å². The van der Waals surface area contributed by atoms with Gasteiger partial charge in [0.05, 0.1) is 11.8 Å². The maximum absolute atomic E-state index is 10.0. The summed E-state index contributed by atoms with van der Waals surface area (Å²) in [5.41, 5.74) is 4.13. The Morgan fingerprint density at radius 1 is 1.11 bits per heavy atom. The smallest absolute Gasteiger partial charge is 0.0794 e. The van der Waals surface area contributed by atoms with Crippen molar-refractivity contribution in [2.24, 2.45) is 0 Å². The van der Waals surface area contributed by atoms with Crippen LogP contribution in [0.5, 0.6) is 0 Å². The Bertz CT molecular complexity index is 505. The topological polar surface area (TPSA) is 33.1 Å². The highest BCUT2D eigenvalue weighted by molar-refractivity contribution is 5.64. The average Bonchev–Trinajstić information content (AvgIpc) is 2.46. The summed E-state index contributed by atoms with van der Waals surface area (Å²) >= 11 is 0. The fraction of sp³-hybridized carbons (Fsp3) is 0.312. The van der Waals surface area contributed by atoms with Gasteiger partial charge in [-0.15, -0.1) is 0 Å². The zero-order valence-corrected chi connectivity index (χ0v) is 10.9. The van der Waals surface area contributed by atoms with E-state index in [4.69, 9.17) is 0 Å². The van der Waals surface area contributed by atoms with Crippen molar-refractivity contribution in [3.63, 3.8) is 0 Å². The molecule has 1 N–H and O–H groups in total. The molecular formula is C16H19NO. The third-order valence-corrected chi connectivity index (χ3v) is 3.22. The first-order chi connectivity index (χ1) is 8.76. The number of aryl methyl sites for hydroxylation is 1. The summed E-state index contributed by atoms with van der Waals surface area (Å²) in [6.07, 6.45) is 3.19. The molecule has 94 valence electrons. The van der Waals surface area contributed by atoms with Gasteiger partial charge in [-0.25, -0.2) is 0 Å². The van der Waals surface area contributed by atoms with Gasteiger partial charge in [0.1, 0.15) is 0 Å². The average molecular weight is 241 g/mol. The molecule has 0 saturated heterocycles. The number of nitrogens with zero attached hydrogens (tertiary/aromatic N) is 1. The number of pyridine rings is 1. The van der Waals surface area contributed by atoms with Crippen LogP contribution < -0.4 is 0 Å². The van der Waals surface area contributed by atoms with Crippen LogP contribution in [0.3, 0.4) is 0 Å².